The van der Waals surface area contributed by atoms with Crippen molar-refractivity contribution in [1.82, 2.24) is 9.88 Å². The minimum Gasteiger partial charge on any atom is -0.370 e. The third kappa shape index (κ3) is 3.45. The van der Waals surface area contributed by atoms with Gasteiger partial charge in [-0.05, 0) is 31.2 Å². The molecule has 0 spiro atoms. The molecule has 100 valence electrons. The quantitative estimate of drug-likeness (QED) is 0.886. The van der Waals surface area contributed by atoms with Gasteiger partial charge in [-0.1, -0.05) is 19.9 Å². The molecular formula is C15H25N3. The van der Waals surface area contributed by atoms with E-state index in [2.05, 4.69) is 42.0 Å². The van der Waals surface area contributed by atoms with Gasteiger partial charge >= 0.3 is 0 Å². The lowest BCUT2D eigenvalue weighted by Gasteiger charge is -2.35. The molecule has 0 amide bonds. The lowest BCUT2D eigenvalue weighted by molar-refractivity contribution is 0.134. The zero-order valence-electron chi connectivity index (χ0n) is 11.8. The van der Waals surface area contributed by atoms with Gasteiger partial charge in [-0.25, -0.2) is 4.98 Å². The number of aromatic nitrogens is 1. The average molecular weight is 247 g/mol. The van der Waals surface area contributed by atoms with Crippen molar-refractivity contribution in [2.24, 2.45) is 11.8 Å². The molecule has 2 unspecified atom stereocenters. The van der Waals surface area contributed by atoms with Crippen LogP contribution in [0.2, 0.25) is 0 Å². The first-order valence-corrected chi connectivity index (χ1v) is 7.09. The standard InChI is InChI=1S/C15H25N3/c1-4-16-15-14(6-5-7-17-15)11-18-9-12(2)8-13(3)10-18/h5-7,12-13H,4,8-11H2,1-3H3,(H,16,17). The third-order valence-corrected chi connectivity index (χ3v) is 3.57. The summed E-state index contributed by atoms with van der Waals surface area (Å²) in [5.41, 5.74) is 1.32. The monoisotopic (exact) mass is 247 g/mol. The normalized spacial score (nSPS) is 25.1. The zero-order valence-corrected chi connectivity index (χ0v) is 11.8. The van der Waals surface area contributed by atoms with Crippen molar-refractivity contribution in [3.63, 3.8) is 0 Å². The molecule has 3 heteroatoms. The highest BCUT2D eigenvalue weighted by Gasteiger charge is 2.22. The van der Waals surface area contributed by atoms with E-state index in [9.17, 15) is 0 Å². The van der Waals surface area contributed by atoms with E-state index in [1.54, 1.807) is 0 Å². The second kappa shape index (κ2) is 6.19. The Morgan fingerprint density at radius 3 is 2.72 bits per heavy atom. The van der Waals surface area contributed by atoms with E-state index < -0.39 is 0 Å². The molecule has 1 fully saturated rings. The summed E-state index contributed by atoms with van der Waals surface area (Å²) in [6.45, 7) is 11.2. The molecule has 1 saturated heterocycles. The fraction of sp³-hybridized carbons (Fsp3) is 0.667. The molecule has 1 aliphatic rings. The van der Waals surface area contributed by atoms with E-state index in [0.29, 0.717) is 0 Å². The fourth-order valence-electron chi connectivity index (χ4n) is 3.05. The van der Waals surface area contributed by atoms with Crippen LogP contribution in [-0.2, 0) is 6.54 Å². The maximum absolute atomic E-state index is 4.43. The molecule has 1 aromatic rings. The number of hydrogen-bond acceptors (Lipinski definition) is 3. The first-order valence-electron chi connectivity index (χ1n) is 7.09. The Hall–Kier alpha value is -1.09. The molecule has 3 nitrogen and oxygen atoms in total. The summed E-state index contributed by atoms with van der Waals surface area (Å²) in [4.78, 5) is 7.00. The van der Waals surface area contributed by atoms with Gasteiger partial charge in [0.15, 0.2) is 0 Å². The van der Waals surface area contributed by atoms with Crippen LogP contribution in [0.1, 0.15) is 32.8 Å². The van der Waals surface area contributed by atoms with Crippen LogP contribution in [0, 0.1) is 11.8 Å². The van der Waals surface area contributed by atoms with E-state index in [0.717, 1.165) is 30.7 Å². The smallest absolute Gasteiger partial charge is 0.130 e. The van der Waals surface area contributed by atoms with E-state index in [-0.39, 0.29) is 0 Å². The summed E-state index contributed by atoms with van der Waals surface area (Å²) in [5.74, 6) is 2.67. The summed E-state index contributed by atoms with van der Waals surface area (Å²) < 4.78 is 0. The number of nitrogens with one attached hydrogen (secondary N) is 1. The van der Waals surface area contributed by atoms with Crippen LogP contribution in [-0.4, -0.2) is 29.5 Å². The van der Waals surface area contributed by atoms with Crippen LogP contribution in [0.25, 0.3) is 0 Å². The van der Waals surface area contributed by atoms with E-state index in [1.807, 2.05) is 12.3 Å². The average Bonchev–Trinajstić information content (AvgIpc) is 2.30. The van der Waals surface area contributed by atoms with Crippen LogP contribution in [0.15, 0.2) is 18.3 Å². The maximum Gasteiger partial charge on any atom is 0.130 e. The Morgan fingerprint density at radius 1 is 1.33 bits per heavy atom. The Labute approximate surface area is 111 Å². The summed E-state index contributed by atoms with van der Waals surface area (Å²) >= 11 is 0. The molecule has 2 heterocycles. The molecule has 0 aliphatic carbocycles. The molecule has 0 aromatic carbocycles. The van der Waals surface area contributed by atoms with E-state index in [4.69, 9.17) is 0 Å². The van der Waals surface area contributed by atoms with Gasteiger partial charge in [-0.3, -0.25) is 4.90 Å². The zero-order chi connectivity index (χ0) is 13.0. The molecule has 1 N–H and O–H groups in total. The molecule has 2 rings (SSSR count). The van der Waals surface area contributed by atoms with Crippen molar-refractivity contribution in [3.8, 4) is 0 Å². The van der Waals surface area contributed by atoms with Gasteiger partial charge in [-0.2, -0.15) is 0 Å². The number of rotatable bonds is 4. The van der Waals surface area contributed by atoms with Crippen LogP contribution < -0.4 is 5.32 Å². The largest absolute Gasteiger partial charge is 0.370 e. The Bertz CT molecular complexity index is 368. The van der Waals surface area contributed by atoms with E-state index in [1.165, 1.54) is 25.1 Å². The SMILES string of the molecule is CCNc1ncccc1CN1CC(C)CC(C)C1. The molecule has 1 aliphatic heterocycles. The highest BCUT2D eigenvalue weighted by Crippen LogP contribution is 2.23. The van der Waals surface area contributed by atoms with Crippen molar-refractivity contribution < 1.29 is 0 Å². The summed E-state index contributed by atoms with van der Waals surface area (Å²) in [6, 6.07) is 4.22. The predicted octanol–water partition coefficient (Wildman–Crippen LogP) is 2.99. The highest BCUT2D eigenvalue weighted by molar-refractivity contribution is 5.43. The minimum atomic E-state index is 0.813. The Morgan fingerprint density at radius 2 is 2.06 bits per heavy atom. The maximum atomic E-state index is 4.43. The molecule has 0 saturated carbocycles. The van der Waals surface area contributed by atoms with Gasteiger partial charge in [0.1, 0.15) is 5.82 Å². The number of anilines is 1. The van der Waals surface area contributed by atoms with Crippen molar-refractivity contribution in [2.75, 3.05) is 25.0 Å². The van der Waals surface area contributed by atoms with Gasteiger partial charge in [0.05, 0.1) is 0 Å². The lowest BCUT2D eigenvalue weighted by Crippen LogP contribution is -2.38. The first-order chi connectivity index (χ1) is 8.69. The lowest BCUT2D eigenvalue weighted by atomic mass is 9.91. The molecule has 0 radical (unpaired) electrons. The van der Waals surface area contributed by atoms with Crippen LogP contribution in [0.4, 0.5) is 5.82 Å². The molecular weight excluding hydrogens is 222 g/mol. The Balaban J connectivity index is 2.04. The number of likely N-dealkylation sites (tertiary alicyclic amines) is 1. The van der Waals surface area contributed by atoms with Crippen molar-refractivity contribution in [3.05, 3.63) is 23.9 Å². The Kier molecular flexibility index (Phi) is 4.59. The van der Waals surface area contributed by atoms with Crippen molar-refractivity contribution in [2.45, 2.75) is 33.7 Å². The van der Waals surface area contributed by atoms with Crippen molar-refractivity contribution in [1.29, 1.82) is 0 Å². The summed E-state index contributed by atoms with van der Waals surface area (Å²) in [6.07, 6.45) is 3.23. The van der Waals surface area contributed by atoms with Crippen LogP contribution >= 0.6 is 0 Å². The van der Waals surface area contributed by atoms with Gasteiger partial charge in [0.25, 0.3) is 0 Å². The van der Waals surface area contributed by atoms with Gasteiger partial charge < -0.3 is 5.32 Å². The van der Waals surface area contributed by atoms with Gasteiger partial charge in [-0.15, -0.1) is 0 Å². The first kappa shape index (κ1) is 13.3. The second-order valence-electron chi connectivity index (χ2n) is 5.68. The number of nitrogens with zero attached hydrogens (tertiary/aromatic N) is 2. The van der Waals surface area contributed by atoms with E-state index >= 15 is 0 Å². The number of hydrogen-bond donors (Lipinski definition) is 1. The van der Waals surface area contributed by atoms with Crippen molar-refractivity contribution >= 4 is 5.82 Å². The number of piperidine rings is 1. The van der Waals surface area contributed by atoms with Crippen LogP contribution in [0.5, 0.6) is 0 Å². The third-order valence-electron chi connectivity index (χ3n) is 3.57. The topological polar surface area (TPSA) is 28.2 Å². The molecule has 18 heavy (non-hydrogen) atoms. The summed E-state index contributed by atoms with van der Waals surface area (Å²) in [5, 5.41) is 3.35. The molecule has 0 bridgehead atoms. The fourth-order valence-corrected chi connectivity index (χ4v) is 3.05. The van der Waals surface area contributed by atoms with Gasteiger partial charge in [0.2, 0.25) is 0 Å². The van der Waals surface area contributed by atoms with Crippen LogP contribution in [0.3, 0.4) is 0 Å². The predicted molar refractivity (Wildman–Crippen MR) is 76.6 cm³/mol. The summed E-state index contributed by atoms with van der Waals surface area (Å²) in [7, 11) is 0. The molecule has 2 atom stereocenters. The van der Waals surface area contributed by atoms with Gasteiger partial charge in [0, 0.05) is 37.9 Å². The highest BCUT2D eigenvalue weighted by atomic mass is 15.1. The number of pyridine rings is 1. The second-order valence-corrected chi connectivity index (χ2v) is 5.68. The minimum absolute atomic E-state index is 0.813. The molecule has 1 aromatic heterocycles.